The molecule has 2 aromatic carbocycles. The second-order valence-electron chi connectivity index (χ2n) is 5.09. The summed E-state index contributed by atoms with van der Waals surface area (Å²) >= 11 is 3.11. The summed E-state index contributed by atoms with van der Waals surface area (Å²) in [4.78, 5) is 14.3. The first-order valence-electron chi connectivity index (χ1n) is 6.67. The Morgan fingerprint density at radius 3 is 2.86 bits per heavy atom. The average Bonchev–Trinajstić information content (AvgIpc) is 2.49. The summed E-state index contributed by atoms with van der Waals surface area (Å²) < 4.78 is 13.6. The minimum absolute atomic E-state index is 0.107. The van der Waals surface area contributed by atoms with E-state index in [1.165, 1.54) is 23.8 Å². The zero-order chi connectivity index (χ0) is 15.0. The highest BCUT2D eigenvalue weighted by atomic mass is 79.9. The van der Waals surface area contributed by atoms with Gasteiger partial charge >= 0.3 is 0 Å². The monoisotopic (exact) mass is 348 g/mol. The Morgan fingerprint density at radius 2 is 2.10 bits per heavy atom. The summed E-state index contributed by atoms with van der Waals surface area (Å²) in [5, 5.41) is 0. The van der Waals surface area contributed by atoms with Crippen LogP contribution in [0.2, 0.25) is 0 Å². The molecule has 5 heteroatoms. The first kappa shape index (κ1) is 14.1. The molecule has 3 nitrogen and oxygen atoms in total. The Bertz CT molecular complexity index is 717. The number of nitrogens with two attached hydrogens (primary N) is 1. The number of halogens is 2. The highest BCUT2D eigenvalue weighted by Gasteiger charge is 2.23. The van der Waals surface area contributed by atoms with E-state index in [-0.39, 0.29) is 11.7 Å². The third kappa shape index (κ3) is 2.65. The van der Waals surface area contributed by atoms with Gasteiger partial charge in [-0.05, 0) is 57.7 Å². The highest BCUT2D eigenvalue weighted by molar-refractivity contribution is 9.10. The van der Waals surface area contributed by atoms with Gasteiger partial charge in [0.15, 0.2) is 0 Å². The highest BCUT2D eigenvalue weighted by Crippen LogP contribution is 2.26. The molecule has 3 rings (SSSR count). The first-order valence-corrected chi connectivity index (χ1v) is 7.46. The number of hydrogen-bond donors (Lipinski definition) is 1. The Hall–Kier alpha value is -1.88. The lowest BCUT2D eigenvalue weighted by atomic mass is 9.97. The molecule has 0 unspecified atom stereocenters. The van der Waals surface area contributed by atoms with Crippen LogP contribution < -0.4 is 5.73 Å². The van der Waals surface area contributed by atoms with Gasteiger partial charge in [0.1, 0.15) is 5.82 Å². The van der Waals surface area contributed by atoms with E-state index in [0.29, 0.717) is 28.8 Å². The first-order chi connectivity index (χ1) is 10.1. The molecule has 1 amide bonds. The second kappa shape index (κ2) is 5.48. The van der Waals surface area contributed by atoms with Crippen molar-refractivity contribution in [3.05, 3.63) is 63.4 Å². The second-order valence-corrected chi connectivity index (χ2v) is 5.94. The Balaban J connectivity index is 1.87. The third-order valence-corrected chi connectivity index (χ3v) is 4.37. The molecule has 0 spiro atoms. The maximum absolute atomic E-state index is 13.3. The van der Waals surface area contributed by atoms with Crippen LogP contribution in [-0.2, 0) is 13.0 Å². The fraction of sp³-hybridized carbons (Fsp3) is 0.188. The van der Waals surface area contributed by atoms with Crippen molar-refractivity contribution in [1.29, 1.82) is 0 Å². The lowest BCUT2D eigenvalue weighted by molar-refractivity contribution is 0.0735. The van der Waals surface area contributed by atoms with Crippen molar-refractivity contribution < 1.29 is 9.18 Å². The van der Waals surface area contributed by atoms with E-state index in [2.05, 4.69) is 15.9 Å². The van der Waals surface area contributed by atoms with Crippen molar-refractivity contribution in [3.8, 4) is 0 Å². The van der Waals surface area contributed by atoms with Crippen LogP contribution in [-0.4, -0.2) is 17.4 Å². The van der Waals surface area contributed by atoms with Gasteiger partial charge in [0.2, 0.25) is 0 Å². The van der Waals surface area contributed by atoms with Crippen LogP contribution in [0, 0.1) is 5.82 Å². The van der Waals surface area contributed by atoms with Crippen molar-refractivity contribution in [2.75, 3.05) is 12.3 Å². The Labute approximate surface area is 130 Å². The summed E-state index contributed by atoms with van der Waals surface area (Å²) in [6.45, 7) is 1.14. The van der Waals surface area contributed by atoms with Gasteiger partial charge in [-0.25, -0.2) is 4.39 Å². The fourth-order valence-corrected chi connectivity index (χ4v) is 2.97. The van der Waals surface area contributed by atoms with E-state index in [4.69, 9.17) is 5.73 Å². The molecule has 2 N–H and O–H groups in total. The van der Waals surface area contributed by atoms with Gasteiger partial charge in [0.05, 0.1) is 4.47 Å². The summed E-state index contributed by atoms with van der Waals surface area (Å²) in [7, 11) is 0. The number of amides is 1. The van der Waals surface area contributed by atoms with E-state index in [1.54, 1.807) is 4.90 Å². The standard InChI is InChI=1S/C16H14BrFN2O/c17-13-8-11(4-5-14(13)18)16(21)20-7-6-10-2-1-3-15(19)12(10)9-20/h1-5,8H,6-7,9,19H2. The lowest BCUT2D eigenvalue weighted by Gasteiger charge is -2.29. The van der Waals surface area contributed by atoms with Crippen LogP contribution in [0.5, 0.6) is 0 Å². The number of carbonyl (C=O) groups is 1. The number of carbonyl (C=O) groups excluding carboxylic acids is 1. The van der Waals surface area contributed by atoms with Crippen LogP contribution in [0.3, 0.4) is 0 Å². The van der Waals surface area contributed by atoms with Gasteiger partial charge < -0.3 is 10.6 Å². The molecule has 2 aromatic rings. The molecule has 1 heterocycles. The zero-order valence-corrected chi connectivity index (χ0v) is 12.9. The zero-order valence-electron chi connectivity index (χ0n) is 11.3. The normalized spacial score (nSPS) is 13.9. The Kier molecular flexibility index (Phi) is 3.68. The van der Waals surface area contributed by atoms with Crippen LogP contribution in [0.15, 0.2) is 40.9 Å². The predicted molar refractivity (Wildman–Crippen MR) is 83.4 cm³/mol. The van der Waals surface area contributed by atoms with Crippen molar-refractivity contribution in [2.45, 2.75) is 13.0 Å². The summed E-state index contributed by atoms with van der Waals surface area (Å²) in [6.07, 6.45) is 0.786. The number of benzene rings is 2. The smallest absolute Gasteiger partial charge is 0.254 e. The average molecular weight is 349 g/mol. The Morgan fingerprint density at radius 1 is 1.29 bits per heavy atom. The summed E-state index contributed by atoms with van der Waals surface area (Å²) in [6, 6.07) is 10.1. The van der Waals surface area contributed by atoms with E-state index in [0.717, 1.165) is 12.0 Å². The number of anilines is 1. The number of nitrogen functional groups attached to an aromatic ring is 1. The van der Waals surface area contributed by atoms with Crippen molar-refractivity contribution in [3.63, 3.8) is 0 Å². The van der Waals surface area contributed by atoms with Crippen LogP contribution in [0.1, 0.15) is 21.5 Å². The molecule has 0 saturated heterocycles. The van der Waals surface area contributed by atoms with E-state index in [9.17, 15) is 9.18 Å². The molecule has 0 aromatic heterocycles. The molecule has 0 aliphatic carbocycles. The molecule has 0 saturated carbocycles. The van der Waals surface area contributed by atoms with Crippen molar-refractivity contribution in [1.82, 2.24) is 4.90 Å². The lowest BCUT2D eigenvalue weighted by Crippen LogP contribution is -2.36. The van der Waals surface area contributed by atoms with E-state index >= 15 is 0 Å². The number of rotatable bonds is 1. The minimum atomic E-state index is -0.375. The fourth-order valence-electron chi connectivity index (χ4n) is 2.59. The predicted octanol–water partition coefficient (Wildman–Crippen LogP) is 3.37. The maximum Gasteiger partial charge on any atom is 0.254 e. The summed E-state index contributed by atoms with van der Waals surface area (Å²) in [5.74, 6) is -0.482. The van der Waals surface area contributed by atoms with Gasteiger partial charge in [0.25, 0.3) is 5.91 Å². The molecule has 0 fully saturated rings. The molecule has 0 bridgehead atoms. The van der Waals surface area contributed by atoms with Gasteiger partial charge in [-0.15, -0.1) is 0 Å². The SMILES string of the molecule is Nc1cccc2c1CN(C(=O)c1ccc(F)c(Br)c1)CC2. The van der Waals surface area contributed by atoms with Gasteiger partial charge in [-0.3, -0.25) is 4.79 Å². The number of nitrogens with zero attached hydrogens (tertiary/aromatic N) is 1. The minimum Gasteiger partial charge on any atom is -0.398 e. The van der Waals surface area contributed by atoms with Gasteiger partial charge in [-0.1, -0.05) is 12.1 Å². The molecule has 0 radical (unpaired) electrons. The molecular weight excluding hydrogens is 335 g/mol. The van der Waals surface area contributed by atoms with Crippen molar-refractivity contribution >= 4 is 27.5 Å². The largest absolute Gasteiger partial charge is 0.398 e. The molecule has 108 valence electrons. The van der Waals surface area contributed by atoms with Gasteiger partial charge in [0, 0.05) is 24.3 Å². The van der Waals surface area contributed by atoms with Crippen molar-refractivity contribution in [2.24, 2.45) is 0 Å². The molecular formula is C16H14BrFN2O. The summed E-state index contributed by atoms with van der Waals surface area (Å²) in [5.41, 5.74) is 9.38. The van der Waals surface area contributed by atoms with Crippen LogP contribution >= 0.6 is 15.9 Å². The van der Waals surface area contributed by atoms with Gasteiger partial charge in [-0.2, -0.15) is 0 Å². The molecule has 0 atom stereocenters. The van der Waals surface area contributed by atoms with E-state index < -0.39 is 0 Å². The van der Waals surface area contributed by atoms with Crippen LogP contribution in [0.4, 0.5) is 10.1 Å². The molecule has 1 aliphatic rings. The van der Waals surface area contributed by atoms with E-state index in [1.807, 2.05) is 18.2 Å². The maximum atomic E-state index is 13.3. The number of fused-ring (bicyclic) bond motifs is 1. The number of hydrogen-bond acceptors (Lipinski definition) is 2. The topological polar surface area (TPSA) is 46.3 Å². The molecule has 1 aliphatic heterocycles. The third-order valence-electron chi connectivity index (χ3n) is 3.76. The molecule has 21 heavy (non-hydrogen) atoms. The van der Waals surface area contributed by atoms with Crippen LogP contribution in [0.25, 0.3) is 0 Å². The quantitative estimate of drug-likeness (QED) is 0.803.